The van der Waals surface area contributed by atoms with Crippen LogP contribution in [-0.4, -0.2) is 19.8 Å². The molecule has 5 nitrogen and oxygen atoms in total. The lowest BCUT2D eigenvalue weighted by atomic mass is 10.3. The Bertz CT molecular complexity index is 677. The number of anilines is 1. The molecule has 1 aromatic carbocycles. The van der Waals surface area contributed by atoms with E-state index in [1.54, 1.807) is 24.3 Å². The second-order valence-corrected chi connectivity index (χ2v) is 6.39. The molecule has 1 heterocycles. The van der Waals surface area contributed by atoms with Crippen molar-refractivity contribution in [3.8, 4) is 0 Å². The van der Waals surface area contributed by atoms with Crippen LogP contribution in [0, 0.1) is 6.92 Å². The first-order valence-electron chi connectivity index (χ1n) is 5.77. The van der Waals surface area contributed by atoms with Gasteiger partial charge in [-0.05, 0) is 37.3 Å². The van der Waals surface area contributed by atoms with Crippen molar-refractivity contribution < 1.29 is 12.8 Å². The fourth-order valence-electron chi connectivity index (χ4n) is 1.73. The lowest BCUT2D eigenvalue weighted by Crippen LogP contribution is -2.26. The quantitative estimate of drug-likeness (QED) is 0.869. The molecule has 0 saturated carbocycles. The summed E-state index contributed by atoms with van der Waals surface area (Å²) in [6.45, 7) is 2.00. The molecule has 1 aromatic heterocycles. The Morgan fingerprint density at radius 1 is 1.26 bits per heavy atom. The van der Waals surface area contributed by atoms with Gasteiger partial charge in [-0.25, -0.2) is 8.42 Å². The van der Waals surface area contributed by atoms with Crippen molar-refractivity contribution in [2.45, 2.75) is 18.4 Å². The fraction of sp³-hybridized carbons (Fsp3) is 0.231. The third-order valence-corrected chi connectivity index (χ3v) is 4.54. The average Bonchev–Trinajstić information content (AvgIpc) is 2.74. The largest absolute Gasteiger partial charge is 0.465 e. The van der Waals surface area contributed by atoms with E-state index in [-0.39, 0.29) is 11.4 Å². The van der Waals surface area contributed by atoms with E-state index in [0.717, 1.165) is 5.76 Å². The zero-order valence-corrected chi connectivity index (χ0v) is 11.6. The van der Waals surface area contributed by atoms with Crippen molar-refractivity contribution in [1.82, 2.24) is 4.31 Å². The number of benzene rings is 1. The molecule has 2 rings (SSSR count). The van der Waals surface area contributed by atoms with Crippen LogP contribution in [0.3, 0.4) is 0 Å². The van der Waals surface area contributed by atoms with Gasteiger partial charge in [0.2, 0.25) is 10.0 Å². The van der Waals surface area contributed by atoms with Gasteiger partial charge in [-0.1, -0.05) is 6.07 Å². The van der Waals surface area contributed by atoms with Gasteiger partial charge < -0.3 is 10.2 Å². The highest BCUT2D eigenvalue weighted by Crippen LogP contribution is 2.19. The molecule has 0 spiro atoms. The molecule has 0 unspecified atom stereocenters. The number of rotatable bonds is 4. The van der Waals surface area contributed by atoms with E-state index in [0.29, 0.717) is 11.4 Å². The maximum absolute atomic E-state index is 12.3. The summed E-state index contributed by atoms with van der Waals surface area (Å²) in [6.07, 6.45) is 0. The Balaban J connectivity index is 2.24. The number of hydrogen-bond acceptors (Lipinski definition) is 4. The van der Waals surface area contributed by atoms with Gasteiger partial charge in [-0.3, -0.25) is 0 Å². The summed E-state index contributed by atoms with van der Waals surface area (Å²) in [5.41, 5.74) is 6.03. The third-order valence-electron chi connectivity index (χ3n) is 2.74. The first-order chi connectivity index (χ1) is 8.89. The second kappa shape index (κ2) is 5.07. The molecule has 0 aliphatic heterocycles. The van der Waals surface area contributed by atoms with Crippen molar-refractivity contribution in [3.63, 3.8) is 0 Å². The van der Waals surface area contributed by atoms with Crippen LogP contribution in [0.15, 0.2) is 45.7 Å². The summed E-state index contributed by atoms with van der Waals surface area (Å²) in [5, 5.41) is 0. The summed E-state index contributed by atoms with van der Waals surface area (Å²) in [5.74, 6) is 1.36. The number of aryl methyl sites for hydroxylation is 1. The first kappa shape index (κ1) is 13.6. The Labute approximate surface area is 112 Å². The monoisotopic (exact) mass is 280 g/mol. The molecule has 0 fully saturated rings. The highest BCUT2D eigenvalue weighted by Gasteiger charge is 2.21. The normalized spacial score (nSPS) is 11.9. The van der Waals surface area contributed by atoms with E-state index in [1.807, 2.05) is 6.92 Å². The molecule has 0 bridgehead atoms. The maximum atomic E-state index is 12.3. The Morgan fingerprint density at radius 2 is 2.00 bits per heavy atom. The van der Waals surface area contributed by atoms with Gasteiger partial charge in [0, 0.05) is 12.7 Å². The van der Waals surface area contributed by atoms with Crippen molar-refractivity contribution >= 4 is 15.7 Å². The highest BCUT2D eigenvalue weighted by molar-refractivity contribution is 7.89. The van der Waals surface area contributed by atoms with Crippen molar-refractivity contribution in [3.05, 3.63) is 47.9 Å². The van der Waals surface area contributed by atoms with E-state index < -0.39 is 10.0 Å². The molecule has 0 aliphatic rings. The summed E-state index contributed by atoms with van der Waals surface area (Å²) in [6, 6.07) is 9.80. The molecule has 19 heavy (non-hydrogen) atoms. The molecule has 2 aromatic rings. The van der Waals surface area contributed by atoms with Gasteiger partial charge in [-0.15, -0.1) is 0 Å². The zero-order valence-electron chi connectivity index (χ0n) is 10.8. The summed E-state index contributed by atoms with van der Waals surface area (Å²) < 4.78 is 31.3. The van der Waals surface area contributed by atoms with E-state index >= 15 is 0 Å². The van der Waals surface area contributed by atoms with E-state index in [2.05, 4.69) is 0 Å². The fourth-order valence-corrected chi connectivity index (χ4v) is 2.92. The standard InChI is InChI=1S/C13H16N2O3S/c1-10-6-7-12(18-10)9-15(2)19(16,17)13-5-3-4-11(14)8-13/h3-8H,9,14H2,1-2H3. The molecule has 0 aliphatic carbocycles. The summed E-state index contributed by atoms with van der Waals surface area (Å²) in [7, 11) is -2.05. The van der Waals surface area contributed by atoms with E-state index in [1.165, 1.54) is 23.5 Å². The predicted octanol–water partition coefficient (Wildman–Crippen LogP) is 1.99. The number of furan rings is 1. The van der Waals surface area contributed by atoms with Crippen molar-refractivity contribution in [2.24, 2.45) is 0 Å². The first-order valence-corrected chi connectivity index (χ1v) is 7.21. The minimum absolute atomic E-state index is 0.179. The number of nitrogen functional groups attached to an aromatic ring is 1. The lowest BCUT2D eigenvalue weighted by Gasteiger charge is -2.16. The van der Waals surface area contributed by atoms with E-state index in [4.69, 9.17) is 10.2 Å². The Hall–Kier alpha value is -1.79. The smallest absolute Gasteiger partial charge is 0.243 e. The van der Waals surface area contributed by atoms with Gasteiger partial charge in [0.15, 0.2) is 0 Å². The van der Waals surface area contributed by atoms with Gasteiger partial charge in [0.25, 0.3) is 0 Å². The minimum atomic E-state index is -3.56. The van der Waals surface area contributed by atoms with Crippen LogP contribution in [0.5, 0.6) is 0 Å². The van der Waals surface area contributed by atoms with Crippen LogP contribution in [0.25, 0.3) is 0 Å². The second-order valence-electron chi connectivity index (χ2n) is 4.35. The van der Waals surface area contributed by atoms with Crippen LogP contribution in [0.1, 0.15) is 11.5 Å². The molecular weight excluding hydrogens is 264 g/mol. The van der Waals surface area contributed by atoms with Crippen LogP contribution in [-0.2, 0) is 16.6 Å². The molecule has 0 amide bonds. The number of hydrogen-bond donors (Lipinski definition) is 1. The van der Waals surface area contributed by atoms with Crippen molar-refractivity contribution in [2.75, 3.05) is 12.8 Å². The molecule has 102 valence electrons. The SMILES string of the molecule is Cc1ccc(CN(C)S(=O)(=O)c2cccc(N)c2)o1. The van der Waals surface area contributed by atoms with Crippen LogP contribution in [0.2, 0.25) is 0 Å². The average molecular weight is 280 g/mol. The highest BCUT2D eigenvalue weighted by atomic mass is 32.2. The Kier molecular flexibility index (Phi) is 3.64. The predicted molar refractivity (Wildman–Crippen MR) is 73.0 cm³/mol. The number of nitrogens with zero attached hydrogens (tertiary/aromatic N) is 1. The molecular formula is C13H16N2O3S. The number of nitrogens with two attached hydrogens (primary N) is 1. The van der Waals surface area contributed by atoms with Gasteiger partial charge in [-0.2, -0.15) is 4.31 Å². The third kappa shape index (κ3) is 2.97. The lowest BCUT2D eigenvalue weighted by molar-refractivity contribution is 0.397. The number of sulfonamides is 1. The molecule has 6 heteroatoms. The zero-order chi connectivity index (χ0) is 14.0. The van der Waals surface area contributed by atoms with E-state index in [9.17, 15) is 8.42 Å². The van der Waals surface area contributed by atoms with Crippen LogP contribution >= 0.6 is 0 Å². The van der Waals surface area contributed by atoms with Crippen molar-refractivity contribution in [1.29, 1.82) is 0 Å². The molecule has 0 radical (unpaired) electrons. The molecule has 0 atom stereocenters. The molecule has 0 saturated heterocycles. The maximum Gasteiger partial charge on any atom is 0.243 e. The van der Waals surface area contributed by atoms with Gasteiger partial charge >= 0.3 is 0 Å². The Morgan fingerprint density at radius 3 is 2.58 bits per heavy atom. The van der Waals surface area contributed by atoms with Crippen LogP contribution in [0.4, 0.5) is 5.69 Å². The summed E-state index contributed by atoms with van der Waals surface area (Å²) >= 11 is 0. The topological polar surface area (TPSA) is 76.5 Å². The van der Waals surface area contributed by atoms with Gasteiger partial charge in [0.1, 0.15) is 11.5 Å². The summed E-state index contributed by atoms with van der Waals surface area (Å²) in [4.78, 5) is 0.179. The van der Waals surface area contributed by atoms with Crippen LogP contribution < -0.4 is 5.73 Å². The minimum Gasteiger partial charge on any atom is -0.465 e. The molecule has 2 N–H and O–H groups in total. The van der Waals surface area contributed by atoms with Gasteiger partial charge in [0.05, 0.1) is 11.4 Å².